The lowest BCUT2D eigenvalue weighted by atomic mass is 10.1. The van der Waals surface area contributed by atoms with E-state index in [4.69, 9.17) is 0 Å². The second kappa shape index (κ2) is 7.62. The van der Waals surface area contributed by atoms with Crippen LogP contribution in [-0.4, -0.2) is 54.4 Å². The van der Waals surface area contributed by atoms with Gasteiger partial charge in [-0.3, -0.25) is 9.59 Å². The predicted molar refractivity (Wildman–Crippen MR) is 110 cm³/mol. The van der Waals surface area contributed by atoms with Crippen LogP contribution in [0.1, 0.15) is 34.3 Å². The Bertz CT molecular complexity index is 886. The lowest BCUT2D eigenvalue weighted by molar-refractivity contribution is -0.117. The van der Waals surface area contributed by atoms with Gasteiger partial charge in [-0.15, -0.1) is 0 Å². The first kappa shape index (κ1) is 18.5. The highest BCUT2D eigenvalue weighted by Crippen LogP contribution is 2.23. The van der Waals surface area contributed by atoms with Crippen molar-refractivity contribution in [3.8, 4) is 0 Å². The number of aryl methyl sites for hydroxylation is 2. The number of pyridine rings is 1. The first-order valence-corrected chi connectivity index (χ1v) is 9.91. The van der Waals surface area contributed by atoms with E-state index >= 15 is 0 Å². The largest absolute Gasteiger partial charge is 0.353 e. The van der Waals surface area contributed by atoms with E-state index in [0.29, 0.717) is 25.1 Å². The fourth-order valence-corrected chi connectivity index (χ4v) is 4.05. The summed E-state index contributed by atoms with van der Waals surface area (Å²) in [5.41, 5.74) is 3.89. The van der Waals surface area contributed by atoms with Crippen LogP contribution in [0, 0.1) is 13.8 Å². The molecule has 2 saturated heterocycles. The lowest BCUT2D eigenvalue weighted by Gasteiger charge is -2.36. The van der Waals surface area contributed by atoms with E-state index in [-0.39, 0.29) is 11.8 Å². The summed E-state index contributed by atoms with van der Waals surface area (Å²) in [6.45, 7) is 7.82. The molecule has 6 nitrogen and oxygen atoms in total. The number of nitrogens with zero attached hydrogens (tertiary/aromatic N) is 4. The van der Waals surface area contributed by atoms with Crippen LogP contribution in [0.15, 0.2) is 36.5 Å². The van der Waals surface area contributed by atoms with Crippen molar-refractivity contribution in [2.75, 3.05) is 42.5 Å². The fourth-order valence-electron chi connectivity index (χ4n) is 4.05. The van der Waals surface area contributed by atoms with Crippen molar-refractivity contribution in [2.24, 2.45) is 0 Å². The average molecular weight is 378 g/mol. The summed E-state index contributed by atoms with van der Waals surface area (Å²) in [5, 5.41) is 0. The maximum atomic E-state index is 12.9. The van der Waals surface area contributed by atoms with Crippen molar-refractivity contribution in [1.29, 1.82) is 0 Å². The number of benzene rings is 1. The molecule has 0 atom stereocenters. The molecule has 0 bridgehead atoms. The van der Waals surface area contributed by atoms with Crippen molar-refractivity contribution in [1.82, 2.24) is 9.88 Å². The number of rotatable bonds is 3. The van der Waals surface area contributed by atoms with Crippen LogP contribution in [0.25, 0.3) is 0 Å². The Morgan fingerprint density at radius 3 is 2.32 bits per heavy atom. The van der Waals surface area contributed by atoms with Crippen molar-refractivity contribution in [2.45, 2.75) is 26.7 Å². The summed E-state index contributed by atoms with van der Waals surface area (Å²) in [4.78, 5) is 35.3. The van der Waals surface area contributed by atoms with Gasteiger partial charge in [0.1, 0.15) is 5.82 Å². The minimum atomic E-state index is 0.0486. The van der Waals surface area contributed by atoms with Gasteiger partial charge in [-0.1, -0.05) is 6.07 Å². The zero-order valence-electron chi connectivity index (χ0n) is 16.5. The van der Waals surface area contributed by atoms with E-state index in [1.807, 2.05) is 42.3 Å². The highest BCUT2D eigenvalue weighted by molar-refractivity contribution is 5.97. The van der Waals surface area contributed by atoms with Crippen LogP contribution in [0.2, 0.25) is 0 Å². The number of hydrogen-bond donors (Lipinski definition) is 0. The Hall–Kier alpha value is -2.89. The van der Waals surface area contributed by atoms with Crippen LogP contribution >= 0.6 is 0 Å². The van der Waals surface area contributed by atoms with Gasteiger partial charge in [0.05, 0.1) is 0 Å². The topological polar surface area (TPSA) is 56.8 Å². The molecule has 0 aliphatic carbocycles. The normalized spacial score (nSPS) is 17.4. The van der Waals surface area contributed by atoms with E-state index in [1.165, 1.54) is 5.56 Å². The zero-order valence-corrected chi connectivity index (χ0v) is 16.5. The molecule has 28 heavy (non-hydrogen) atoms. The second-order valence-electron chi connectivity index (χ2n) is 7.63. The fraction of sp³-hybridized carbons (Fsp3) is 0.409. The van der Waals surface area contributed by atoms with Crippen LogP contribution in [-0.2, 0) is 4.79 Å². The molecule has 1 aromatic carbocycles. The SMILES string of the molecule is Cc1cnc(N2CCN(C(=O)c3ccc(N4CCCC4=O)cc3)CC2)c(C)c1. The van der Waals surface area contributed by atoms with Gasteiger partial charge >= 0.3 is 0 Å². The quantitative estimate of drug-likeness (QED) is 0.824. The van der Waals surface area contributed by atoms with Gasteiger partial charge < -0.3 is 14.7 Å². The van der Waals surface area contributed by atoms with Crippen LogP contribution < -0.4 is 9.80 Å². The second-order valence-corrected chi connectivity index (χ2v) is 7.63. The molecule has 1 aromatic heterocycles. The number of amides is 2. The van der Waals surface area contributed by atoms with Gasteiger partial charge in [-0.25, -0.2) is 4.98 Å². The van der Waals surface area contributed by atoms with Crippen LogP contribution in [0.4, 0.5) is 11.5 Å². The first-order chi connectivity index (χ1) is 13.5. The van der Waals surface area contributed by atoms with Gasteiger partial charge in [0.15, 0.2) is 0 Å². The highest BCUT2D eigenvalue weighted by atomic mass is 16.2. The first-order valence-electron chi connectivity index (χ1n) is 9.91. The summed E-state index contributed by atoms with van der Waals surface area (Å²) >= 11 is 0. The molecule has 2 aliphatic heterocycles. The van der Waals surface area contributed by atoms with E-state index in [0.717, 1.165) is 43.1 Å². The molecule has 2 aliphatic rings. The van der Waals surface area contributed by atoms with Gasteiger partial charge in [0.2, 0.25) is 5.91 Å². The molecule has 0 radical (unpaired) electrons. The van der Waals surface area contributed by atoms with Gasteiger partial charge in [-0.05, 0) is 55.7 Å². The number of carbonyl (C=O) groups is 2. The van der Waals surface area contributed by atoms with Crippen molar-refractivity contribution >= 4 is 23.3 Å². The Morgan fingerprint density at radius 2 is 1.71 bits per heavy atom. The number of hydrogen-bond acceptors (Lipinski definition) is 4. The number of carbonyl (C=O) groups excluding carboxylic acids is 2. The number of anilines is 2. The molecule has 0 unspecified atom stereocenters. The molecule has 3 heterocycles. The summed E-state index contributed by atoms with van der Waals surface area (Å²) in [6.07, 6.45) is 3.41. The van der Waals surface area contributed by atoms with Crippen molar-refractivity contribution in [3.05, 3.63) is 53.2 Å². The third-order valence-electron chi connectivity index (χ3n) is 5.55. The van der Waals surface area contributed by atoms with Gasteiger partial charge in [-0.2, -0.15) is 0 Å². The maximum absolute atomic E-state index is 12.9. The summed E-state index contributed by atoms with van der Waals surface area (Å²) < 4.78 is 0. The van der Waals surface area contributed by atoms with Gasteiger partial charge in [0, 0.05) is 56.6 Å². The lowest BCUT2D eigenvalue weighted by Crippen LogP contribution is -2.49. The molecule has 4 rings (SSSR count). The minimum Gasteiger partial charge on any atom is -0.353 e. The molecule has 2 amide bonds. The Balaban J connectivity index is 1.39. The van der Waals surface area contributed by atoms with E-state index < -0.39 is 0 Å². The molecule has 146 valence electrons. The third kappa shape index (κ3) is 3.59. The van der Waals surface area contributed by atoms with Crippen molar-refractivity contribution < 1.29 is 9.59 Å². The van der Waals surface area contributed by atoms with Crippen LogP contribution in [0.3, 0.4) is 0 Å². The Kier molecular flexibility index (Phi) is 5.03. The summed E-state index contributed by atoms with van der Waals surface area (Å²) in [7, 11) is 0. The predicted octanol–water partition coefficient (Wildman–Crippen LogP) is 2.79. The average Bonchev–Trinajstić information content (AvgIpc) is 3.14. The zero-order chi connectivity index (χ0) is 19.7. The smallest absolute Gasteiger partial charge is 0.253 e. The minimum absolute atomic E-state index is 0.0486. The Labute approximate surface area is 165 Å². The summed E-state index contributed by atoms with van der Waals surface area (Å²) in [5.74, 6) is 1.22. The molecular formula is C22H26N4O2. The van der Waals surface area contributed by atoms with E-state index in [2.05, 4.69) is 22.9 Å². The summed E-state index contributed by atoms with van der Waals surface area (Å²) in [6, 6.07) is 9.58. The standard InChI is InChI=1S/C22H26N4O2/c1-16-14-17(2)21(23-15-16)24-10-12-25(13-11-24)22(28)18-5-7-19(8-6-18)26-9-3-4-20(26)27/h5-8,14-15H,3-4,9-13H2,1-2H3. The van der Waals surface area contributed by atoms with E-state index in [9.17, 15) is 9.59 Å². The molecule has 0 spiro atoms. The number of aromatic nitrogens is 1. The monoisotopic (exact) mass is 378 g/mol. The Morgan fingerprint density at radius 1 is 1.00 bits per heavy atom. The van der Waals surface area contributed by atoms with Gasteiger partial charge in [0.25, 0.3) is 5.91 Å². The molecule has 0 saturated carbocycles. The molecule has 2 aromatic rings. The highest BCUT2D eigenvalue weighted by Gasteiger charge is 2.25. The van der Waals surface area contributed by atoms with Crippen LogP contribution in [0.5, 0.6) is 0 Å². The molecule has 0 N–H and O–H groups in total. The van der Waals surface area contributed by atoms with Crippen molar-refractivity contribution in [3.63, 3.8) is 0 Å². The van der Waals surface area contributed by atoms with E-state index in [1.54, 1.807) is 4.90 Å². The molecular weight excluding hydrogens is 352 g/mol. The molecule has 6 heteroatoms. The third-order valence-corrected chi connectivity index (χ3v) is 5.55. The number of piperazine rings is 1. The maximum Gasteiger partial charge on any atom is 0.253 e. The molecule has 2 fully saturated rings.